The maximum absolute atomic E-state index is 3.94. The molecule has 0 aliphatic carbocycles. The molecule has 1 rings (SSSR count). The standard InChI is InChI=1S/C6H7N2.C2H6.Re/c1-5-3-7-6(2)8-4-5;1-2;/h3H,1-2H3;1-2H3;/q-1;;. The molecule has 11 heavy (non-hydrogen) atoms. The monoisotopic (exact) mass is 324 g/mol. The molecule has 1 aromatic heterocycles. The Hall–Kier alpha value is -0.258. The van der Waals surface area contributed by atoms with Crippen molar-refractivity contribution in [3.05, 3.63) is 23.8 Å². The Labute approximate surface area is 82.1 Å². The van der Waals surface area contributed by atoms with Gasteiger partial charge >= 0.3 is 0 Å². The van der Waals surface area contributed by atoms with Crippen LogP contribution in [0.1, 0.15) is 25.2 Å². The molecule has 0 spiro atoms. The predicted molar refractivity (Wildman–Crippen MR) is 41.7 cm³/mol. The molecule has 63 valence electrons. The first-order valence-electron chi connectivity index (χ1n) is 3.47. The number of aromatic nitrogens is 2. The van der Waals surface area contributed by atoms with Gasteiger partial charge < -0.3 is 9.97 Å². The number of aryl methyl sites for hydroxylation is 2. The van der Waals surface area contributed by atoms with Crippen LogP contribution in [0.3, 0.4) is 0 Å². The molecule has 0 aliphatic heterocycles. The number of nitrogens with zero attached hydrogens (tertiary/aromatic N) is 2. The maximum Gasteiger partial charge on any atom is 0.0104 e. The van der Waals surface area contributed by atoms with Gasteiger partial charge in [-0.25, -0.2) is 0 Å². The number of hydrogen-bond donors (Lipinski definition) is 0. The molecule has 0 amide bonds. The van der Waals surface area contributed by atoms with Crippen molar-refractivity contribution >= 4 is 0 Å². The summed E-state index contributed by atoms with van der Waals surface area (Å²) in [6.07, 6.45) is 4.54. The zero-order valence-electron chi connectivity index (χ0n) is 7.35. The molecule has 1 heterocycles. The van der Waals surface area contributed by atoms with Gasteiger partial charge in [-0.05, 0) is 0 Å². The topological polar surface area (TPSA) is 25.8 Å². The van der Waals surface area contributed by atoms with E-state index in [1.807, 2.05) is 27.7 Å². The largest absolute Gasteiger partial charge is 0.373 e. The molecular weight excluding hydrogens is 310 g/mol. The summed E-state index contributed by atoms with van der Waals surface area (Å²) in [7, 11) is 0. The fourth-order valence-electron chi connectivity index (χ4n) is 0.417. The zero-order chi connectivity index (χ0) is 7.98. The summed E-state index contributed by atoms with van der Waals surface area (Å²) in [5, 5.41) is 0. The van der Waals surface area contributed by atoms with Crippen LogP contribution in [0.5, 0.6) is 0 Å². The first-order chi connectivity index (χ1) is 4.79. The molecule has 0 unspecified atom stereocenters. The normalized spacial score (nSPS) is 7.27. The van der Waals surface area contributed by atoms with E-state index in [1.165, 1.54) is 0 Å². The first kappa shape index (κ1) is 13.3. The van der Waals surface area contributed by atoms with E-state index in [4.69, 9.17) is 0 Å². The summed E-state index contributed by atoms with van der Waals surface area (Å²) in [6, 6.07) is 0. The van der Waals surface area contributed by atoms with E-state index in [1.54, 1.807) is 6.20 Å². The molecule has 0 N–H and O–H groups in total. The van der Waals surface area contributed by atoms with Gasteiger partial charge in [-0.15, -0.1) is 5.56 Å². The number of rotatable bonds is 0. The molecule has 0 saturated heterocycles. The second kappa shape index (κ2) is 7.84. The Bertz CT molecular complexity index is 151. The summed E-state index contributed by atoms with van der Waals surface area (Å²) in [5.41, 5.74) is 0.982. The summed E-state index contributed by atoms with van der Waals surface area (Å²) < 4.78 is 0. The molecule has 1 radical (unpaired) electrons. The van der Waals surface area contributed by atoms with E-state index in [2.05, 4.69) is 16.2 Å². The van der Waals surface area contributed by atoms with Crippen LogP contribution in [-0.2, 0) is 20.4 Å². The second-order valence-corrected chi connectivity index (χ2v) is 1.71. The molecule has 0 bridgehead atoms. The van der Waals surface area contributed by atoms with Crippen molar-refractivity contribution in [3.63, 3.8) is 0 Å². The predicted octanol–water partition coefficient (Wildman–Crippen LogP) is 1.92. The Balaban J connectivity index is 0. The maximum atomic E-state index is 3.94. The van der Waals surface area contributed by atoms with Crippen molar-refractivity contribution in [2.45, 2.75) is 27.7 Å². The second-order valence-electron chi connectivity index (χ2n) is 1.71. The SMILES string of the molecule is CC.Cc1[c-]nc(C)nc1.[Re]. The van der Waals surface area contributed by atoms with Crippen LogP contribution in [0.15, 0.2) is 6.20 Å². The third-order valence-corrected chi connectivity index (χ3v) is 0.839. The fourth-order valence-corrected chi connectivity index (χ4v) is 0.417. The van der Waals surface area contributed by atoms with Crippen LogP contribution in [0.25, 0.3) is 0 Å². The Kier molecular flexibility index (Phi) is 9.51. The average Bonchev–Trinajstić information content (AvgIpc) is 2.00. The fraction of sp³-hybridized carbons (Fsp3) is 0.500. The third kappa shape index (κ3) is 6.15. The van der Waals surface area contributed by atoms with Crippen molar-refractivity contribution < 1.29 is 20.4 Å². The van der Waals surface area contributed by atoms with Gasteiger partial charge in [0.05, 0.1) is 0 Å². The van der Waals surface area contributed by atoms with Gasteiger partial charge in [0.2, 0.25) is 0 Å². The van der Waals surface area contributed by atoms with Crippen molar-refractivity contribution in [2.75, 3.05) is 0 Å². The number of hydrogen-bond acceptors (Lipinski definition) is 2. The minimum atomic E-state index is 0. The van der Waals surface area contributed by atoms with Crippen molar-refractivity contribution in [2.24, 2.45) is 0 Å². The van der Waals surface area contributed by atoms with Crippen molar-refractivity contribution in [1.82, 2.24) is 9.97 Å². The van der Waals surface area contributed by atoms with Crippen LogP contribution in [0.4, 0.5) is 0 Å². The molecule has 2 nitrogen and oxygen atoms in total. The molecule has 1 aromatic rings. The van der Waals surface area contributed by atoms with Crippen molar-refractivity contribution in [1.29, 1.82) is 0 Å². The van der Waals surface area contributed by atoms with E-state index >= 15 is 0 Å². The summed E-state index contributed by atoms with van der Waals surface area (Å²) in [4.78, 5) is 7.78. The van der Waals surface area contributed by atoms with Crippen LogP contribution >= 0.6 is 0 Å². The van der Waals surface area contributed by atoms with Crippen LogP contribution < -0.4 is 0 Å². The van der Waals surface area contributed by atoms with E-state index in [-0.39, 0.29) is 20.4 Å². The zero-order valence-corrected chi connectivity index (χ0v) is 10.1. The van der Waals surface area contributed by atoms with Gasteiger partial charge in [-0.3, -0.25) is 0 Å². The van der Waals surface area contributed by atoms with Gasteiger partial charge in [0.15, 0.2) is 0 Å². The Morgan fingerprint density at radius 3 is 2.09 bits per heavy atom. The average molecular weight is 323 g/mol. The molecule has 0 aliphatic rings. The molecule has 0 atom stereocenters. The van der Waals surface area contributed by atoms with Gasteiger partial charge in [0.25, 0.3) is 0 Å². The van der Waals surface area contributed by atoms with Gasteiger partial charge in [0, 0.05) is 26.2 Å². The minimum absolute atomic E-state index is 0. The van der Waals surface area contributed by atoms with Gasteiger partial charge in [-0.2, -0.15) is 0 Å². The van der Waals surface area contributed by atoms with Crippen LogP contribution in [-0.4, -0.2) is 9.97 Å². The Morgan fingerprint density at radius 2 is 1.82 bits per heavy atom. The summed E-state index contributed by atoms with van der Waals surface area (Å²) in [6.45, 7) is 7.76. The molecule has 0 fully saturated rings. The first-order valence-corrected chi connectivity index (χ1v) is 3.47. The third-order valence-electron chi connectivity index (χ3n) is 0.839. The van der Waals surface area contributed by atoms with Gasteiger partial charge in [-0.1, -0.05) is 40.1 Å². The summed E-state index contributed by atoms with van der Waals surface area (Å²) in [5.74, 6) is 0.774. The van der Waals surface area contributed by atoms with Gasteiger partial charge in [0.1, 0.15) is 0 Å². The van der Waals surface area contributed by atoms with E-state index in [0.29, 0.717) is 0 Å². The smallest absolute Gasteiger partial charge is 0.0104 e. The quantitative estimate of drug-likeness (QED) is 0.682. The Morgan fingerprint density at radius 1 is 1.27 bits per heavy atom. The molecule has 0 saturated carbocycles. The van der Waals surface area contributed by atoms with E-state index in [0.717, 1.165) is 11.4 Å². The molecular formula is C8H13N2Re-. The minimum Gasteiger partial charge on any atom is -0.373 e. The van der Waals surface area contributed by atoms with Crippen LogP contribution in [0.2, 0.25) is 0 Å². The summed E-state index contributed by atoms with van der Waals surface area (Å²) >= 11 is 0. The van der Waals surface area contributed by atoms with Crippen LogP contribution in [0, 0.1) is 20.0 Å². The van der Waals surface area contributed by atoms with E-state index in [9.17, 15) is 0 Å². The van der Waals surface area contributed by atoms with E-state index < -0.39 is 0 Å². The molecule has 3 heteroatoms. The molecule has 0 aromatic carbocycles. The van der Waals surface area contributed by atoms with Crippen molar-refractivity contribution in [3.8, 4) is 0 Å².